The Labute approximate surface area is 169 Å². The number of nitrogens with two attached hydrogens (primary N) is 1. The molecule has 29 heavy (non-hydrogen) atoms. The van der Waals surface area contributed by atoms with Gasteiger partial charge in [-0.2, -0.15) is 10.5 Å². The molecule has 1 aromatic heterocycles. The predicted octanol–water partition coefficient (Wildman–Crippen LogP) is 1.38. The molecule has 150 valence electrons. The predicted molar refractivity (Wildman–Crippen MR) is 110 cm³/mol. The fraction of sp³-hybridized carbons (Fsp3) is 0.381. The van der Waals surface area contributed by atoms with Crippen LogP contribution in [-0.2, 0) is 0 Å². The minimum atomic E-state index is -0.621. The molecule has 1 aliphatic rings. The molecule has 0 amide bonds. The lowest BCUT2D eigenvalue weighted by Gasteiger charge is -2.32. The summed E-state index contributed by atoms with van der Waals surface area (Å²) in [7, 11) is 2.13. The van der Waals surface area contributed by atoms with E-state index in [2.05, 4.69) is 21.8 Å². The van der Waals surface area contributed by atoms with Gasteiger partial charge in [0, 0.05) is 43.9 Å². The van der Waals surface area contributed by atoms with Crippen LogP contribution in [0.5, 0.6) is 5.75 Å². The normalized spacial score (nSPS) is 14.9. The number of nitrogen functional groups attached to an aromatic ring is 1. The molecule has 1 fully saturated rings. The summed E-state index contributed by atoms with van der Waals surface area (Å²) in [5, 5.41) is 19.0. The Morgan fingerprint density at radius 3 is 2.52 bits per heavy atom. The molecule has 0 bridgehead atoms. The first-order valence-electron chi connectivity index (χ1n) is 9.54. The van der Waals surface area contributed by atoms with E-state index in [-0.39, 0.29) is 22.5 Å². The Bertz CT molecular complexity index is 1010. The van der Waals surface area contributed by atoms with Gasteiger partial charge in [-0.1, -0.05) is 18.2 Å². The highest BCUT2D eigenvalue weighted by atomic mass is 16.5. The fourth-order valence-electron chi connectivity index (χ4n) is 3.45. The third-order valence-corrected chi connectivity index (χ3v) is 5.10. The number of aromatic nitrogens is 1. The number of likely N-dealkylation sites (N-methyl/N-ethyl adjacent to an activating group) is 1. The van der Waals surface area contributed by atoms with E-state index in [0.29, 0.717) is 17.9 Å². The number of aromatic amines is 1. The lowest BCUT2D eigenvalue weighted by atomic mass is 9.96. The number of para-hydroxylation sites is 1. The number of rotatable bonds is 6. The van der Waals surface area contributed by atoms with Crippen molar-refractivity contribution in [3.63, 3.8) is 0 Å². The van der Waals surface area contributed by atoms with Crippen LogP contribution in [0.3, 0.4) is 0 Å². The Hall–Kier alpha value is -3.33. The van der Waals surface area contributed by atoms with Gasteiger partial charge in [0.1, 0.15) is 34.8 Å². The van der Waals surface area contributed by atoms with E-state index in [1.807, 2.05) is 18.2 Å². The Kier molecular flexibility index (Phi) is 6.50. The number of nitrogens with zero attached hydrogens (tertiary/aromatic N) is 4. The van der Waals surface area contributed by atoms with Gasteiger partial charge >= 0.3 is 0 Å². The maximum Gasteiger partial charge on any atom is 0.268 e. The summed E-state index contributed by atoms with van der Waals surface area (Å²) < 4.78 is 5.97. The van der Waals surface area contributed by atoms with Gasteiger partial charge in [0.25, 0.3) is 5.56 Å². The number of nitriles is 2. The number of benzene rings is 1. The quantitative estimate of drug-likeness (QED) is 0.712. The van der Waals surface area contributed by atoms with E-state index < -0.39 is 5.56 Å². The Morgan fingerprint density at radius 1 is 1.14 bits per heavy atom. The van der Waals surface area contributed by atoms with Crippen molar-refractivity contribution in [2.45, 2.75) is 6.42 Å². The third-order valence-electron chi connectivity index (χ3n) is 5.10. The van der Waals surface area contributed by atoms with Gasteiger partial charge in [-0.15, -0.1) is 0 Å². The van der Waals surface area contributed by atoms with Gasteiger partial charge in [-0.25, -0.2) is 0 Å². The van der Waals surface area contributed by atoms with Crippen LogP contribution in [0.2, 0.25) is 0 Å². The highest BCUT2D eigenvalue weighted by Gasteiger charge is 2.21. The van der Waals surface area contributed by atoms with Crippen LogP contribution >= 0.6 is 0 Å². The molecule has 1 aliphatic heterocycles. The van der Waals surface area contributed by atoms with Crippen LogP contribution in [0.4, 0.5) is 5.82 Å². The van der Waals surface area contributed by atoms with Crippen LogP contribution in [0.25, 0.3) is 11.1 Å². The second-order valence-corrected chi connectivity index (χ2v) is 7.06. The molecule has 8 nitrogen and oxygen atoms in total. The maximum atomic E-state index is 12.2. The minimum Gasteiger partial charge on any atom is -0.493 e. The summed E-state index contributed by atoms with van der Waals surface area (Å²) in [6.07, 6.45) is 0.853. The molecular formula is C21H24N6O2. The second kappa shape index (κ2) is 9.24. The molecule has 0 radical (unpaired) electrons. The number of pyridine rings is 1. The van der Waals surface area contributed by atoms with Crippen molar-refractivity contribution < 1.29 is 4.74 Å². The van der Waals surface area contributed by atoms with E-state index in [0.717, 1.165) is 39.1 Å². The third kappa shape index (κ3) is 4.57. The number of nitrogens with one attached hydrogen (secondary N) is 1. The molecule has 3 N–H and O–H groups in total. The number of piperazine rings is 1. The van der Waals surface area contributed by atoms with Crippen molar-refractivity contribution in [1.82, 2.24) is 14.8 Å². The first-order chi connectivity index (χ1) is 14.0. The van der Waals surface area contributed by atoms with Gasteiger partial charge in [-0.05, 0) is 19.5 Å². The lowest BCUT2D eigenvalue weighted by molar-refractivity contribution is 0.145. The van der Waals surface area contributed by atoms with Crippen LogP contribution in [0, 0.1) is 22.7 Å². The molecular weight excluding hydrogens is 368 g/mol. The summed E-state index contributed by atoms with van der Waals surface area (Å²) in [5.41, 5.74) is 5.84. The number of H-pyrrole nitrogens is 1. The summed E-state index contributed by atoms with van der Waals surface area (Å²) in [6.45, 7) is 5.68. The molecule has 0 spiro atoms. The number of hydrogen-bond donors (Lipinski definition) is 2. The summed E-state index contributed by atoms with van der Waals surface area (Å²) in [4.78, 5) is 19.3. The van der Waals surface area contributed by atoms with E-state index in [9.17, 15) is 15.3 Å². The maximum absolute atomic E-state index is 12.2. The highest BCUT2D eigenvalue weighted by Crippen LogP contribution is 2.35. The molecule has 1 saturated heterocycles. The Morgan fingerprint density at radius 2 is 1.83 bits per heavy atom. The van der Waals surface area contributed by atoms with Crippen molar-refractivity contribution in [3.8, 4) is 29.0 Å². The molecule has 0 saturated carbocycles. The van der Waals surface area contributed by atoms with E-state index in [4.69, 9.17) is 10.5 Å². The first kappa shape index (κ1) is 20.4. The largest absolute Gasteiger partial charge is 0.493 e. The second-order valence-electron chi connectivity index (χ2n) is 7.06. The molecule has 1 aromatic carbocycles. The van der Waals surface area contributed by atoms with Crippen LogP contribution < -0.4 is 16.0 Å². The molecule has 3 rings (SSSR count). The molecule has 0 aliphatic carbocycles. The zero-order valence-electron chi connectivity index (χ0n) is 16.4. The molecule has 8 heteroatoms. The van der Waals surface area contributed by atoms with Crippen LogP contribution in [0.15, 0.2) is 29.1 Å². The topological polar surface area (TPSA) is 122 Å². The first-order valence-corrected chi connectivity index (χ1v) is 9.54. The standard InChI is InChI=1S/C21H24N6O2/c1-26-8-10-27(11-9-26)7-4-12-29-18-6-3-2-5-15(18)19-16(13-22)20(24)25-21(28)17(19)14-23/h2-3,5-6H,4,7-12H2,1H3,(H3,24,25,28). The zero-order valence-corrected chi connectivity index (χ0v) is 16.4. The van der Waals surface area contributed by atoms with Gasteiger partial charge < -0.3 is 25.3 Å². The van der Waals surface area contributed by atoms with Gasteiger partial charge in [0.2, 0.25) is 0 Å². The summed E-state index contributed by atoms with van der Waals surface area (Å²) in [6, 6.07) is 11.0. The van der Waals surface area contributed by atoms with Gasteiger partial charge in [0.15, 0.2) is 0 Å². The minimum absolute atomic E-state index is 0.0589. The van der Waals surface area contributed by atoms with Crippen molar-refractivity contribution in [3.05, 3.63) is 45.7 Å². The monoisotopic (exact) mass is 392 g/mol. The van der Waals surface area contributed by atoms with Crippen molar-refractivity contribution in [1.29, 1.82) is 10.5 Å². The van der Waals surface area contributed by atoms with Crippen LogP contribution in [0.1, 0.15) is 17.5 Å². The molecule has 2 aromatic rings. The lowest BCUT2D eigenvalue weighted by Crippen LogP contribution is -2.44. The summed E-state index contributed by atoms with van der Waals surface area (Å²) >= 11 is 0. The van der Waals surface area contributed by atoms with Crippen molar-refractivity contribution in [2.75, 3.05) is 52.1 Å². The SMILES string of the molecule is CN1CCN(CCCOc2ccccc2-c2c(C#N)c(N)[nH]c(=O)c2C#N)CC1. The Balaban J connectivity index is 1.79. The van der Waals surface area contributed by atoms with Crippen molar-refractivity contribution in [2.24, 2.45) is 0 Å². The van der Waals surface area contributed by atoms with E-state index >= 15 is 0 Å². The average molecular weight is 392 g/mol. The molecule has 0 atom stereocenters. The highest BCUT2D eigenvalue weighted by molar-refractivity contribution is 5.83. The smallest absolute Gasteiger partial charge is 0.268 e. The van der Waals surface area contributed by atoms with E-state index in [1.165, 1.54) is 0 Å². The number of hydrogen-bond acceptors (Lipinski definition) is 7. The molecule has 2 heterocycles. The van der Waals surface area contributed by atoms with Crippen molar-refractivity contribution >= 4 is 5.82 Å². The molecule has 0 unspecified atom stereocenters. The van der Waals surface area contributed by atoms with Crippen LogP contribution in [-0.4, -0.2) is 61.2 Å². The van der Waals surface area contributed by atoms with E-state index in [1.54, 1.807) is 18.2 Å². The summed E-state index contributed by atoms with van der Waals surface area (Å²) in [5.74, 6) is 0.459. The van der Waals surface area contributed by atoms with Gasteiger partial charge in [0.05, 0.1) is 6.61 Å². The number of anilines is 1. The fourth-order valence-corrected chi connectivity index (χ4v) is 3.45. The average Bonchev–Trinajstić information content (AvgIpc) is 2.72. The zero-order chi connectivity index (χ0) is 20.8. The van der Waals surface area contributed by atoms with Gasteiger partial charge in [-0.3, -0.25) is 4.79 Å². The number of ether oxygens (including phenoxy) is 1.